The van der Waals surface area contributed by atoms with Crippen LogP contribution in [0.4, 0.5) is 0 Å². The van der Waals surface area contributed by atoms with E-state index < -0.39 is 6.16 Å². The molecule has 0 bridgehead atoms. The molecule has 0 aliphatic heterocycles. The molecule has 0 aromatic carbocycles. The van der Waals surface area contributed by atoms with Gasteiger partial charge in [0.25, 0.3) is 0 Å². The van der Waals surface area contributed by atoms with Gasteiger partial charge >= 0.3 is 6.16 Å². The summed E-state index contributed by atoms with van der Waals surface area (Å²) in [6.07, 6.45) is -2.66. The van der Waals surface area contributed by atoms with Gasteiger partial charge in [-0.2, -0.15) is 0 Å². The molecular weight excluding hydrogens is 212 g/mol. The highest BCUT2D eigenvalue weighted by Crippen LogP contribution is 2.23. The van der Waals surface area contributed by atoms with E-state index in [1.807, 2.05) is 0 Å². The molecule has 0 fully saturated rings. The Morgan fingerprint density at radius 1 is 1.29 bits per heavy atom. The van der Waals surface area contributed by atoms with Crippen molar-refractivity contribution in [2.45, 2.75) is 0 Å². The minimum absolute atomic E-state index is 0.593. The topological polar surface area (TPSA) is 3.24 Å². The predicted octanol–water partition coefficient (Wildman–Crippen LogP) is 0.875. The molecule has 0 aliphatic rings. The highest BCUT2D eigenvalue weighted by atomic mass is 35.8. The second-order valence-electron chi connectivity index (χ2n) is 0.945. The van der Waals surface area contributed by atoms with Crippen LogP contribution in [0, 0.1) is 0 Å². The highest BCUT2D eigenvalue weighted by molar-refractivity contribution is 7.64. The van der Waals surface area contributed by atoms with Gasteiger partial charge in [0.15, 0.2) is 0 Å². The first-order valence-electron chi connectivity index (χ1n) is 1.41. The Morgan fingerprint density at radius 3 is 1.43 bits per heavy atom. The minimum Gasteiger partial charge on any atom is -0.235 e. The summed E-state index contributed by atoms with van der Waals surface area (Å²) in [4.78, 5) is 0. The zero-order valence-electron chi connectivity index (χ0n) is 3.46. The fourth-order valence-electron chi connectivity index (χ4n) is 0. The smallest absolute Gasteiger partial charge is 0.235 e. The maximum atomic E-state index is 5.37. The van der Waals surface area contributed by atoms with Crippen LogP contribution in [0.3, 0.4) is 0 Å². The van der Waals surface area contributed by atoms with Gasteiger partial charge in [0.1, 0.15) is 0 Å². The predicted molar refractivity (Wildman–Crippen MR) is 40.9 cm³/mol. The second kappa shape index (κ2) is 2.91. The van der Waals surface area contributed by atoms with E-state index in [0.717, 1.165) is 0 Å². The molecule has 0 atom stereocenters. The molecule has 7 heteroatoms. The first-order chi connectivity index (χ1) is 2.94. The third kappa shape index (κ3) is 4.08. The van der Waals surface area contributed by atoms with Crippen molar-refractivity contribution in [3.63, 3.8) is 0 Å². The zero-order chi connectivity index (χ0) is 6.08. The molecule has 0 spiro atoms. The molecule has 0 aliphatic carbocycles. The van der Waals surface area contributed by atoms with Crippen molar-refractivity contribution in [1.82, 2.24) is 3.75 Å². The summed E-state index contributed by atoms with van der Waals surface area (Å²) < 4.78 is 1.23. The van der Waals surface area contributed by atoms with Crippen LogP contribution in [0.25, 0.3) is 0 Å². The van der Waals surface area contributed by atoms with E-state index in [-0.39, 0.29) is 0 Å². The maximum Gasteiger partial charge on any atom is 0.431 e. The molecule has 0 radical (unpaired) electrons. The van der Waals surface area contributed by atoms with Gasteiger partial charge in [-0.1, -0.05) is 0 Å². The monoisotopic (exact) mass is 213 g/mol. The molecule has 7 heavy (non-hydrogen) atoms. The first kappa shape index (κ1) is 8.55. The van der Waals surface area contributed by atoms with Crippen molar-refractivity contribution >= 4 is 61.6 Å². The molecule has 0 heterocycles. The lowest BCUT2D eigenvalue weighted by Crippen LogP contribution is -2.29. The van der Waals surface area contributed by atoms with E-state index in [0.29, 0.717) is 10.4 Å². The summed E-state index contributed by atoms with van der Waals surface area (Å²) in [5.41, 5.74) is 0. The summed E-state index contributed by atoms with van der Waals surface area (Å²) in [6.45, 7) is 0. The summed E-state index contributed by atoms with van der Waals surface area (Å²) in [7, 11) is 0.593. The van der Waals surface area contributed by atoms with Crippen molar-refractivity contribution in [2.24, 2.45) is 0 Å². The molecule has 0 amide bonds. The zero-order valence-corrected chi connectivity index (χ0v) is 9.48. The summed E-state index contributed by atoms with van der Waals surface area (Å²) in [6, 6.07) is 0. The Balaban J connectivity index is 3.54. The Hall–Kier alpha value is 1.55. The normalized spacial score (nSPS) is 13.3. The van der Waals surface area contributed by atoms with Gasteiger partial charge in [-0.15, -0.1) is 33.2 Å². The lowest BCUT2D eigenvalue weighted by Gasteiger charge is -2.12. The van der Waals surface area contributed by atoms with Crippen LogP contribution in [-0.4, -0.2) is 20.3 Å². The molecule has 44 valence electrons. The van der Waals surface area contributed by atoms with E-state index in [9.17, 15) is 0 Å². The van der Waals surface area contributed by atoms with Crippen LogP contribution in [0.5, 0.6) is 0 Å². The molecule has 0 aromatic rings. The number of rotatable bonds is 1. The number of hydrogen-bond acceptors (Lipinski definition) is 1. The molecule has 0 unspecified atom stereocenters. The Labute approximate surface area is 65.3 Å². The van der Waals surface area contributed by atoms with Crippen molar-refractivity contribution in [3.8, 4) is 0 Å². The largest absolute Gasteiger partial charge is 0.431 e. The van der Waals surface area contributed by atoms with E-state index in [4.69, 9.17) is 45.0 Å². The number of halogens is 4. The van der Waals surface area contributed by atoms with Gasteiger partial charge in [-0.05, 0) is 11.8 Å². The number of hydrogen-bond donors (Lipinski definition) is 0. The standard InChI is InChI=1S/Cl4H3NSi2/c1-5(6)7(2,3)4/h6H3. The molecule has 1 nitrogen and oxygen atoms in total. The molecular formula is H3Cl4NSi2. The first-order valence-corrected chi connectivity index (χ1v) is 7.62. The molecule has 0 N–H and O–H groups in total. The van der Waals surface area contributed by atoms with Crippen molar-refractivity contribution < 1.29 is 0 Å². The fraction of sp³-hybridized carbons (Fsp3) is 0. The lowest BCUT2D eigenvalue weighted by atomic mass is 13.8. The second-order valence-corrected chi connectivity index (χ2v) is 12.4. The third-order valence-corrected chi connectivity index (χ3v) is 9.43. The van der Waals surface area contributed by atoms with Gasteiger partial charge in [0.2, 0.25) is 0 Å². The van der Waals surface area contributed by atoms with Crippen LogP contribution in [0.2, 0.25) is 0 Å². The fourth-order valence-corrected chi connectivity index (χ4v) is 0. The lowest BCUT2D eigenvalue weighted by molar-refractivity contribution is 1.16. The Bertz CT molecular complexity index is 55.2. The van der Waals surface area contributed by atoms with Gasteiger partial charge in [-0.3, -0.25) is 0 Å². The van der Waals surface area contributed by atoms with Crippen molar-refractivity contribution in [3.05, 3.63) is 0 Å². The van der Waals surface area contributed by atoms with Gasteiger partial charge in [-0.25, -0.2) is 3.75 Å². The average Bonchev–Trinajstić information content (AvgIpc) is 1.31. The van der Waals surface area contributed by atoms with Crippen molar-refractivity contribution in [1.29, 1.82) is 0 Å². The molecule has 0 saturated heterocycles. The summed E-state index contributed by atoms with van der Waals surface area (Å²) in [5, 5.41) is 0. The highest BCUT2D eigenvalue weighted by Gasteiger charge is 2.29. The SMILES string of the molecule is [SiH3]N(Cl)[Si](Cl)(Cl)Cl. The summed E-state index contributed by atoms with van der Waals surface area (Å²) >= 11 is 21.4. The van der Waals surface area contributed by atoms with Crippen molar-refractivity contribution in [2.75, 3.05) is 0 Å². The van der Waals surface area contributed by atoms with Gasteiger partial charge < -0.3 is 0 Å². The van der Waals surface area contributed by atoms with Crippen LogP contribution in [0.1, 0.15) is 0 Å². The van der Waals surface area contributed by atoms with Crippen LogP contribution >= 0.6 is 45.0 Å². The molecule has 0 aromatic heterocycles. The third-order valence-electron chi connectivity index (χ3n) is 0.349. The van der Waals surface area contributed by atoms with Crippen LogP contribution in [0.15, 0.2) is 0 Å². The van der Waals surface area contributed by atoms with Gasteiger partial charge in [0, 0.05) is 0 Å². The molecule has 0 rings (SSSR count). The Kier molecular flexibility index (Phi) is 3.56. The van der Waals surface area contributed by atoms with Crippen LogP contribution in [-0.2, 0) is 0 Å². The van der Waals surface area contributed by atoms with E-state index >= 15 is 0 Å². The average molecular weight is 215 g/mol. The minimum atomic E-state index is -2.66. The quantitative estimate of drug-likeness (QED) is 0.356. The van der Waals surface area contributed by atoms with E-state index in [2.05, 4.69) is 0 Å². The Morgan fingerprint density at radius 2 is 1.43 bits per heavy atom. The summed E-state index contributed by atoms with van der Waals surface area (Å²) in [5.74, 6) is 0. The van der Waals surface area contributed by atoms with Gasteiger partial charge in [0.05, 0.1) is 10.4 Å². The molecule has 0 saturated carbocycles. The maximum absolute atomic E-state index is 5.37. The number of nitrogens with zero attached hydrogens (tertiary/aromatic N) is 1. The van der Waals surface area contributed by atoms with E-state index in [1.165, 1.54) is 3.75 Å². The van der Waals surface area contributed by atoms with Crippen LogP contribution < -0.4 is 0 Å². The van der Waals surface area contributed by atoms with E-state index in [1.54, 1.807) is 0 Å².